The van der Waals surface area contributed by atoms with Crippen LogP contribution in [0.1, 0.15) is 29.5 Å². The van der Waals surface area contributed by atoms with E-state index in [0.717, 1.165) is 17.3 Å². The van der Waals surface area contributed by atoms with Crippen molar-refractivity contribution < 1.29 is 28.6 Å². The minimum atomic E-state index is -1.05. The van der Waals surface area contributed by atoms with Crippen LogP contribution < -0.4 is 5.32 Å². The molecule has 1 amide bonds. The number of furan rings is 1. The minimum Gasteiger partial charge on any atom is -0.481 e. The lowest BCUT2D eigenvalue weighted by molar-refractivity contribution is -0.138. The summed E-state index contributed by atoms with van der Waals surface area (Å²) in [7, 11) is 0. The molecule has 2 N–H and O–H groups in total. The number of nitrogens with one attached hydrogen (secondary N) is 1. The van der Waals surface area contributed by atoms with Crippen molar-refractivity contribution in [1.82, 2.24) is 5.32 Å². The summed E-state index contributed by atoms with van der Waals surface area (Å²) >= 11 is 1.02. The molecule has 0 bridgehead atoms. The van der Waals surface area contributed by atoms with Gasteiger partial charge < -0.3 is 19.6 Å². The number of benzene rings is 1. The van der Waals surface area contributed by atoms with Gasteiger partial charge >= 0.3 is 11.9 Å². The maximum atomic E-state index is 11.7. The van der Waals surface area contributed by atoms with Gasteiger partial charge in [-0.05, 0) is 31.2 Å². The van der Waals surface area contributed by atoms with E-state index in [9.17, 15) is 14.4 Å². The zero-order chi connectivity index (χ0) is 20.8. The van der Waals surface area contributed by atoms with Crippen LogP contribution >= 0.6 is 11.8 Å². The smallest absolute Gasteiger partial charge is 0.338 e. The number of carboxylic acid groups (broad SMARTS) is 1. The van der Waals surface area contributed by atoms with Crippen LogP contribution in [0, 0.1) is 0 Å². The Balaban J connectivity index is 1.62. The maximum absolute atomic E-state index is 11.7. The molecule has 0 radical (unpaired) electrons. The van der Waals surface area contributed by atoms with E-state index in [2.05, 4.69) is 15.5 Å². The van der Waals surface area contributed by atoms with E-state index in [1.165, 1.54) is 6.21 Å². The Bertz CT molecular complexity index is 980. The van der Waals surface area contributed by atoms with E-state index < -0.39 is 17.1 Å². The molecule has 9 nitrogen and oxygen atoms in total. The highest BCUT2D eigenvalue weighted by Gasteiger charge is 2.32. The first-order valence-corrected chi connectivity index (χ1v) is 9.52. The van der Waals surface area contributed by atoms with Crippen LogP contribution in [0.2, 0.25) is 0 Å². The summed E-state index contributed by atoms with van der Waals surface area (Å²) in [5.74, 6) is -0.818. The average Bonchev–Trinajstić information content (AvgIpc) is 3.29. The topological polar surface area (TPSA) is 131 Å². The molecule has 2 aromatic rings. The second-order valence-corrected chi connectivity index (χ2v) is 7.03. The predicted octanol–water partition coefficient (Wildman–Crippen LogP) is 2.52. The van der Waals surface area contributed by atoms with E-state index >= 15 is 0 Å². The first kappa shape index (κ1) is 20.3. The number of esters is 1. The van der Waals surface area contributed by atoms with Crippen molar-refractivity contribution >= 4 is 41.0 Å². The molecular formula is C19H17N3O6S. The summed E-state index contributed by atoms with van der Waals surface area (Å²) in [5, 5.41) is 18.5. The Morgan fingerprint density at radius 3 is 2.72 bits per heavy atom. The van der Waals surface area contributed by atoms with E-state index in [-0.39, 0.29) is 17.6 Å². The molecule has 1 aliphatic heterocycles. The van der Waals surface area contributed by atoms with E-state index in [0.29, 0.717) is 23.7 Å². The lowest BCUT2D eigenvalue weighted by Gasteiger charge is -2.02. The predicted molar refractivity (Wildman–Crippen MR) is 107 cm³/mol. The molecule has 0 spiro atoms. The molecule has 1 atom stereocenters. The molecule has 1 aromatic heterocycles. The van der Waals surface area contributed by atoms with Crippen LogP contribution in [0.15, 0.2) is 51.0 Å². The van der Waals surface area contributed by atoms with Crippen molar-refractivity contribution in [2.45, 2.75) is 18.6 Å². The van der Waals surface area contributed by atoms with Gasteiger partial charge in [0.25, 0.3) is 0 Å². The van der Waals surface area contributed by atoms with Crippen LogP contribution in [0.4, 0.5) is 0 Å². The standard InChI is InChI=1S/C19H17N3O6S/c1-2-27-18(26)12-5-3-11(4-6-12)14-8-7-13(28-14)10-20-22-19-21-17(25)15(29-19)9-16(23)24/h3-8,10,15H,2,9H2,1H3,(H,23,24)(H,21,22,25)/b20-10+. The van der Waals surface area contributed by atoms with Gasteiger partial charge in [0, 0.05) is 5.56 Å². The number of ether oxygens (including phenoxy) is 1. The number of aliphatic carboxylic acids is 1. The van der Waals surface area contributed by atoms with Crippen molar-refractivity contribution in [2.75, 3.05) is 6.61 Å². The number of carbonyl (C=O) groups excluding carboxylic acids is 2. The van der Waals surface area contributed by atoms with Crippen LogP contribution in [0.3, 0.4) is 0 Å². The molecule has 3 rings (SSSR count). The molecule has 0 saturated carbocycles. The number of nitrogens with zero attached hydrogens (tertiary/aromatic N) is 2. The normalized spacial score (nSPS) is 17.6. The van der Waals surface area contributed by atoms with Gasteiger partial charge in [-0.2, -0.15) is 5.10 Å². The van der Waals surface area contributed by atoms with Crippen LogP contribution in [0.5, 0.6) is 0 Å². The summed E-state index contributed by atoms with van der Waals surface area (Å²) in [5.41, 5.74) is 1.23. The van der Waals surface area contributed by atoms with Crippen molar-refractivity contribution in [3.05, 3.63) is 47.7 Å². The highest BCUT2D eigenvalue weighted by atomic mass is 32.2. The van der Waals surface area contributed by atoms with Gasteiger partial charge in [-0.3, -0.25) is 9.59 Å². The van der Waals surface area contributed by atoms with E-state index in [4.69, 9.17) is 14.3 Å². The SMILES string of the molecule is CCOC(=O)c1ccc(-c2ccc(/C=N/N=C3\NC(=O)C(CC(=O)O)S3)o2)cc1. The highest BCUT2D eigenvalue weighted by Crippen LogP contribution is 2.23. The Morgan fingerprint density at radius 1 is 1.28 bits per heavy atom. The Hall–Kier alpha value is -3.40. The van der Waals surface area contributed by atoms with Gasteiger partial charge in [0.1, 0.15) is 16.8 Å². The average molecular weight is 415 g/mol. The van der Waals surface area contributed by atoms with Gasteiger partial charge in [-0.15, -0.1) is 5.10 Å². The summed E-state index contributed by atoms with van der Waals surface area (Å²) in [6.45, 7) is 2.06. The largest absolute Gasteiger partial charge is 0.481 e. The molecular weight excluding hydrogens is 398 g/mol. The minimum absolute atomic E-state index is 0.235. The third-order valence-corrected chi connectivity index (χ3v) is 4.85. The Kier molecular flexibility index (Phi) is 6.45. The van der Waals surface area contributed by atoms with Crippen LogP contribution in [-0.4, -0.2) is 46.2 Å². The molecule has 1 unspecified atom stereocenters. The summed E-state index contributed by atoms with van der Waals surface area (Å²) < 4.78 is 10.6. The fourth-order valence-corrected chi connectivity index (χ4v) is 3.36. The lowest BCUT2D eigenvalue weighted by atomic mass is 10.1. The Labute approximate surface area is 169 Å². The fraction of sp³-hybridized carbons (Fsp3) is 0.211. The number of carboxylic acids is 1. The number of thioether (sulfide) groups is 1. The van der Waals surface area contributed by atoms with E-state index in [1.807, 2.05) is 0 Å². The van der Waals surface area contributed by atoms with Gasteiger partial charge in [0.15, 0.2) is 5.17 Å². The number of amides is 1. The zero-order valence-corrected chi connectivity index (χ0v) is 16.1. The van der Waals surface area contributed by atoms with Gasteiger partial charge in [-0.25, -0.2) is 4.79 Å². The second-order valence-electron chi connectivity index (χ2n) is 5.84. The van der Waals surface area contributed by atoms with Crippen LogP contribution in [0.25, 0.3) is 11.3 Å². The quantitative estimate of drug-likeness (QED) is 0.404. The summed E-state index contributed by atoms with van der Waals surface area (Å²) in [6.07, 6.45) is 1.09. The molecule has 150 valence electrons. The van der Waals surface area contributed by atoms with Crippen LogP contribution in [-0.2, 0) is 14.3 Å². The molecule has 1 aliphatic rings. The third-order valence-electron chi connectivity index (χ3n) is 3.78. The van der Waals surface area contributed by atoms with Crippen molar-refractivity contribution in [2.24, 2.45) is 10.2 Å². The fourth-order valence-electron chi connectivity index (χ4n) is 2.45. The molecule has 1 saturated heterocycles. The third kappa shape index (κ3) is 5.32. The molecule has 10 heteroatoms. The number of rotatable bonds is 7. The van der Waals surface area contributed by atoms with Crippen molar-refractivity contribution in [3.63, 3.8) is 0 Å². The highest BCUT2D eigenvalue weighted by molar-refractivity contribution is 8.15. The summed E-state index contributed by atoms with van der Waals surface area (Å²) in [4.78, 5) is 34.0. The number of hydrogen-bond acceptors (Lipinski definition) is 8. The molecule has 29 heavy (non-hydrogen) atoms. The van der Waals surface area contributed by atoms with Crippen molar-refractivity contribution in [1.29, 1.82) is 0 Å². The zero-order valence-electron chi connectivity index (χ0n) is 15.3. The van der Waals surface area contributed by atoms with Gasteiger partial charge in [-0.1, -0.05) is 23.9 Å². The van der Waals surface area contributed by atoms with E-state index in [1.54, 1.807) is 43.3 Å². The first-order valence-electron chi connectivity index (χ1n) is 8.64. The Morgan fingerprint density at radius 2 is 2.03 bits per heavy atom. The first-order chi connectivity index (χ1) is 14.0. The number of hydrogen-bond donors (Lipinski definition) is 2. The van der Waals surface area contributed by atoms with Gasteiger partial charge in [0.2, 0.25) is 5.91 Å². The van der Waals surface area contributed by atoms with Crippen molar-refractivity contribution in [3.8, 4) is 11.3 Å². The number of carbonyl (C=O) groups is 3. The molecule has 1 aromatic carbocycles. The molecule has 1 fully saturated rings. The second kappa shape index (κ2) is 9.20. The summed E-state index contributed by atoms with van der Waals surface area (Å²) in [6, 6.07) is 10.3. The monoisotopic (exact) mass is 415 g/mol. The number of amidine groups is 1. The molecule has 2 heterocycles. The maximum Gasteiger partial charge on any atom is 0.338 e. The molecule has 0 aliphatic carbocycles. The lowest BCUT2D eigenvalue weighted by Crippen LogP contribution is -2.26. The van der Waals surface area contributed by atoms with Gasteiger partial charge in [0.05, 0.1) is 24.8 Å².